The molecule has 2 heterocycles. The minimum Gasteiger partial charge on any atom is -0.329 e. The zero-order chi connectivity index (χ0) is 13.9. The molecular weight excluding hydrogens is 246 g/mol. The number of rotatable bonds is 3. The summed E-state index contributed by atoms with van der Waals surface area (Å²) in [6.45, 7) is 4.73. The van der Waals surface area contributed by atoms with E-state index in [2.05, 4.69) is 47.1 Å². The molecule has 1 aliphatic heterocycles. The van der Waals surface area contributed by atoms with Crippen molar-refractivity contribution >= 4 is 0 Å². The molecule has 3 heteroatoms. The highest BCUT2D eigenvalue weighted by Gasteiger charge is 2.25. The van der Waals surface area contributed by atoms with Crippen molar-refractivity contribution in [2.45, 2.75) is 25.9 Å². The van der Waals surface area contributed by atoms with Gasteiger partial charge >= 0.3 is 0 Å². The van der Waals surface area contributed by atoms with Crippen LogP contribution in [0.2, 0.25) is 0 Å². The molecular formula is C17H21N3. The number of hydrogen-bond acceptors (Lipinski definition) is 3. The molecule has 1 aliphatic rings. The van der Waals surface area contributed by atoms with Crippen LogP contribution in [-0.4, -0.2) is 23.0 Å². The summed E-state index contributed by atoms with van der Waals surface area (Å²) in [5.74, 6) is 0. The first-order valence-corrected chi connectivity index (χ1v) is 7.20. The van der Waals surface area contributed by atoms with Gasteiger partial charge in [0, 0.05) is 38.1 Å². The van der Waals surface area contributed by atoms with Crippen molar-refractivity contribution in [1.82, 2.24) is 9.88 Å². The van der Waals surface area contributed by atoms with Gasteiger partial charge in [-0.3, -0.25) is 9.88 Å². The first-order chi connectivity index (χ1) is 9.78. The average molecular weight is 267 g/mol. The molecule has 1 aromatic carbocycles. The number of pyridine rings is 1. The van der Waals surface area contributed by atoms with E-state index >= 15 is 0 Å². The maximum Gasteiger partial charge on any atom is 0.0476 e. The number of aromatic nitrogens is 1. The van der Waals surface area contributed by atoms with Crippen LogP contribution >= 0.6 is 0 Å². The molecule has 0 aliphatic carbocycles. The molecule has 2 aromatic rings. The Bertz CT molecular complexity index is 594. The van der Waals surface area contributed by atoms with E-state index in [1.54, 1.807) is 0 Å². The Morgan fingerprint density at radius 2 is 2.15 bits per heavy atom. The maximum atomic E-state index is 6.03. The van der Waals surface area contributed by atoms with Crippen LogP contribution < -0.4 is 5.73 Å². The lowest BCUT2D eigenvalue weighted by atomic mass is 9.92. The lowest BCUT2D eigenvalue weighted by molar-refractivity contribution is 0.180. The fourth-order valence-electron chi connectivity index (χ4n) is 3.11. The predicted molar refractivity (Wildman–Crippen MR) is 81.3 cm³/mol. The molecule has 1 atom stereocenters. The summed E-state index contributed by atoms with van der Waals surface area (Å²) in [4.78, 5) is 6.76. The van der Waals surface area contributed by atoms with Crippen LogP contribution in [0.15, 0.2) is 42.7 Å². The largest absolute Gasteiger partial charge is 0.329 e. The molecule has 0 saturated carbocycles. The molecule has 104 valence electrons. The second-order valence-electron chi connectivity index (χ2n) is 5.54. The van der Waals surface area contributed by atoms with Gasteiger partial charge in [-0.05, 0) is 35.6 Å². The third-order valence-corrected chi connectivity index (χ3v) is 4.06. The van der Waals surface area contributed by atoms with E-state index in [1.807, 2.05) is 12.4 Å². The summed E-state index contributed by atoms with van der Waals surface area (Å²) in [5.41, 5.74) is 11.3. The number of aryl methyl sites for hydroxylation is 1. The van der Waals surface area contributed by atoms with Crippen molar-refractivity contribution in [3.05, 3.63) is 65.0 Å². The molecule has 0 bridgehead atoms. The summed E-state index contributed by atoms with van der Waals surface area (Å²) < 4.78 is 0. The highest BCUT2D eigenvalue weighted by atomic mass is 15.2. The fraction of sp³-hybridized carbons (Fsp3) is 0.353. The zero-order valence-corrected chi connectivity index (χ0v) is 11.9. The quantitative estimate of drug-likeness (QED) is 0.929. The second kappa shape index (κ2) is 5.73. The normalized spacial score (nSPS) is 18.8. The Morgan fingerprint density at radius 1 is 1.30 bits per heavy atom. The van der Waals surface area contributed by atoms with Crippen molar-refractivity contribution in [3.63, 3.8) is 0 Å². The molecule has 3 rings (SSSR count). The van der Waals surface area contributed by atoms with Crippen molar-refractivity contribution in [2.75, 3.05) is 13.1 Å². The van der Waals surface area contributed by atoms with Crippen LogP contribution in [0.1, 0.15) is 28.3 Å². The standard InChI is InChI=1S/C17H21N3/c1-13-8-14(11-19-10-13)12-20-7-6-15-4-2-3-5-16(15)17(20)9-18/h2-5,8,10-11,17H,6-7,9,12,18H2,1H3. The fourth-order valence-corrected chi connectivity index (χ4v) is 3.11. The zero-order valence-electron chi connectivity index (χ0n) is 11.9. The summed E-state index contributed by atoms with van der Waals surface area (Å²) >= 11 is 0. The number of nitrogens with two attached hydrogens (primary N) is 1. The van der Waals surface area contributed by atoms with E-state index < -0.39 is 0 Å². The van der Waals surface area contributed by atoms with Crippen LogP contribution in [0.3, 0.4) is 0 Å². The summed E-state index contributed by atoms with van der Waals surface area (Å²) in [7, 11) is 0. The lowest BCUT2D eigenvalue weighted by Gasteiger charge is -2.36. The number of benzene rings is 1. The van der Waals surface area contributed by atoms with E-state index in [4.69, 9.17) is 5.73 Å². The molecule has 0 radical (unpaired) electrons. The first kappa shape index (κ1) is 13.3. The van der Waals surface area contributed by atoms with Crippen LogP contribution in [0.25, 0.3) is 0 Å². The number of fused-ring (bicyclic) bond motifs is 1. The van der Waals surface area contributed by atoms with Crippen molar-refractivity contribution in [3.8, 4) is 0 Å². The third-order valence-electron chi connectivity index (χ3n) is 4.06. The van der Waals surface area contributed by atoms with E-state index in [1.165, 1.54) is 22.3 Å². The van der Waals surface area contributed by atoms with Crippen LogP contribution in [0, 0.1) is 6.92 Å². The van der Waals surface area contributed by atoms with E-state index in [9.17, 15) is 0 Å². The average Bonchev–Trinajstić information content (AvgIpc) is 2.47. The van der Waals surface area contributed by atoms with Crippen LogP contribution in [0.4, 0.5) is 0 Å². The number of nitrogens with zero attached hydrogens (tertiary/aromatic N) is 2. The molecule has 0 spiro atoms. The molecule has 2 N–H and O–H groups in total. The van der Waals surface area contributed by atoms with Gasteiger partial charge in [0.15, 0.2) is 0 Å². The highest BCUT2D eigenvalue weighted by Crippen LogP contribution is 2.29. The Kier molecular flexibility index (Phi) is 3.81. The monoisotopic (exact) mass is 267 g/mol. The molecule has 1 aromatic heterocycles. The summed E-state index contributed by atoms with van der Waals surface area (Å²) in [6, 6.07) is 11.2. The smallest absolute Gasteiger partial charge is 0.0476 e. The van der Waals surface area contributed by atoms with Gasteiger partial charge in [0.05, 0.1) is 0 Å². The predicted octanol–water partition coefficient (Wildman–Crippen LogP) is 2.45. The topological polar surface area (TPSA) is 42.2 Å². The van der Waals surface area contributed by atoms with Gasteiger partial charge in [-0.2, -0.15) is 0 Å². The van der Waals surface area contributed by atoms with Gasteiger partial charge in [0.2, 0.25) is 0 Å². The van der Waals surface area contributed by atoms with E-state index in [0.717, 1.165) is 19.5 Å². The molecule has 3 nitrogen and oxygen atoms in total. The van der Waals surface area contributed by atoms with Gasteiger partial charge < -0.3 is 5.73 Å². The Balaban J connectivity index is 1.84. The summed E-state index contributed by atoms with van der Waals surface area (Å²) in [5, 5.41) is 0. The van der Waals surface area contributed by atoms with Crippen molar-refractivity contribution in [2.24, 2.45) is 5.73 Å². The van der Waals surface area contributed by atoms with Gasteiger partial charge in [0.1, 0.15) is 0 Å². The molecule has 0 saturated heterocycles. The third kappa shape index (κ3) is 2.60. The minimum absolute atomic E-state index is 0.320. The first-order valence-electron chi connectivity index (χ1n) is 7.20. The molecule has 20 heavy (non-hydrogen) atoms. The highest BCUT2D eigenvalue weighted by molar-refractivity contribution is 5.33. The van der Waals surface area contributed by atoms with Crippen molar-refractivity contribution in [1.29, 1.82) is 0 Å². The van der Waals surface area contributed by atoms with Crippen LogP contribution in [-0.2, 0) is 13.0 Å². The molecule has 1 unspecified atom stereocenters. The van der Waals surface area contributed by atoms with E-state index in [-0.39, 0.29) is 0 Å². The Hall–Kier alpha value is -1.71. The second-order valence-corrected chi connectivity index (χ2v) is 5.54. The van der Waals surface area contributed by atoms with Gasteiger partial charge in [-0.1, -0.05) is 30.3 Å². The van der Waals surface area contributed by atoms with Gasteiger partial charge in [0.25, 0.3) is 0 Å². The Labute approximate surface area is 120 Å². The SMILES string of the molecule is Cc1cncc(CN2CCc3ccccc3C2CN)c1. The molecule has 0 fully saturated rings. The van der Waals surface area contributed by atoms with Crippen molar-refractivity contribution < 1.29 is 0 Å². The molecule has 0 amide bonds. The summed E-state index contributed by atoms with van der Waals surface area (Å²) in [6.07, 6.45) is 4.96. The maximum absolute atomic E-state index is 6.03. The van der Waals surface area contributed by atoms with Gasteiger partial charge in [-0.15, -0.1) is 0 Å². The van der Waals surface area contributed by atoms with E-state index in [0.29, 0.717) is 12.6 Å². The number of hydrogen-bond donors (Lipinski definition) is 1. The van der Waals surface area contributed by atoms with Crippen LogP contribution in [0.5, 0.6) is 0 Å². The lowest BCUT2D eigenvalue weighted by Crippen LogP contribution is -2.38. The minimum atomic E-state index is 0.320. The Morgan fingerprint density at radius 3 is 2.95 bits per heavy atom. The van der Waals surface area contributed by atoms with Gasteiger partial charge in [-0.25, -0.2) is 0 Å².